The minimum absolute atomic E-state index is 0.0882. The topological polar surface area (TPSA) is 78.9 Å². The lowest BCUT2D eigenvalue weighted by Gasteiger charge is -2.18. The molecule has 0 aromatic carbocycles. The van der Waals surface area contributed by atoms with E-state index in [1.54, 1.807) is 0 Å². The number of hydrogen-bond acceptors (Lipinski definition) is 6. The van der Waals surface area contributed by atoms with Crippen LogP contribution in [-0.2, 0) is 28.6 Å². The monoisotopic (exact) mass is 935 g/mol. The van der Waals surface area contributed by atoms with Crippen LogP contribution < -0.4 is 0 Å². The van der Waals surface area contributed by atoms with Crippen molar-refractivity contribution in [3.8, 4) is 0 Å². The number of ether oxygens (including phenoxy) is 3. The smallest absolute Gasteiger partial charge is 0.306 e. The molecule has 0 amide bonds. The van der Waals surface area contributed by atoms with Gasteiger partial charge in [-0.15, -0.1) is 0 Å². The van der Waals surface area contributed by atoms with Crippen molar-refractivity contribution in [1.82, 2.24) is 0 Å². The van der Waals surface area contributed by atoms with Crippen molar-refractivity contribution >= 4 is 17.9 Å². The van der Waals surface area contributed by atoms with Gasteiger partial charge in [0.15, 0.2) is 6.10 Å². The third-order valence-corrected chi connectivity index (χ3v) is 12.2. The third-order valence-electron chi connectivity index (χ3n) is 12.2. The van der Waals surface area contributed by atoms with E-state index in [-0.39, 0.29) is 31.1 Å². The third kappa shape index (κ3) is 53.7. The molecule has 6 nitrogen and oxygen atoms in total. The summed E-state index contributed by atoms with van der Waals surface area (Å²) < 4.78 is 16.8. The SMILES string of the molecule is CC/C=C\C/C=C\C/C=C\CCCCCCCC(=O)OC[C@H](COC(=O)CCCCCCCCCCCCCCCCCCC)OC(=O)CCCCCC/C=C\C/C=C\C/C=C\CCCCC. The average molecular weight is 936 g/mol. The molecule has 0 spiro atoms. The molecule has 0 heterocycles. The normalized spacial score (nSPS) is 12.6. The Kier molecular flexibility index (Phi) is 52.8. The van der Waals surface area contributed by atoms with Crippen LogP contribution in [0.3, 0.4) is 0 Å². The van der Waals surface area contributed by atoms with Gasteiger partial charge in [0.05, 0.1) is 0 Å². The molecule has 0 N–H and O–H groups in total. The Morgan fingerprint density at radius 2 is 0.582 bits per heavy atom. The lowest BCUT2D eigenvalue weighted by atomic mass is 10.0. The van der Waals surface area contributed by atoms with Gasteiger partial charge in [0.2, 0.25) is 0 Å². The zero-order valence-electron chi connectivity index (χ0n) is 44.2. The summed E-state index contributed by atoms with van der Waals surface area (Å²) in [5.74, 6) is -0.919. The van der Waals surface area contributed by atoms with Crippen LogP contribution in [0.5, 0.6) is 0 Å². The number of allylic oxidation sites excluding steroid dienone is 12. The number of esters is 3. The van der Waals surface area contributed by atoms with Crippen LogP contribution in [-0.4, -0.2) is 37.2 Å². The highest BCUT2D eigenvalue weighted by Crippen LogP contribution is 2.16. The molecule has 0 bridgehead atoms. The van der Waals surface area contributed by atoms with Gasteiger partial charge in [-0.1, -0.05) is 241 Å². The van der Waals surface area contributed by atoms with E-state index in [1.807, 2.05) is 0 Å². The first kappa shape index (κ1) is 63.8. The highest BCUT2D eigenvalue weighted by Gasteiger charge is 2.19. The molecule has 0 aromatic heterocycles. The molecular formula is C61H106O6. The van der Waals surface area contributed by atoms with E-state index in [1.165, 1.54) is 116 Å². The van der Waals surface area contributed by atoms with E-state index in [4.69, 9.17) is 14.2 Å². The van der Waals surface area contributed by atoms with E-state index in [9.17, 15) is 14.4 Å². The van der Waals surface area contributed by atoms with Gasteiger partial charge in [-0.2, -0.15) is 0 Å². The molecule has 0 fully saturated rings. The second-order valence-corrected chi connectivity index (χ2v) is 18.8. The van der Waals surface area contributed by atoms with Gasteiger partial charge in [0.1, 0.15) is 13.2 Å². The van der Waals surface area contributed by atoms with Crippen LogP contribution in [0, 0.1) is 0 Å². The molecule has 0 aliphatic heterocycles. The summed E-state index contributed by atoms with van der Waals surface area (Å²) in [6.45, 7) is 6.49. The summed E-state index contributed by atoms with van der Waals surface area (Å²) in [6.07, 6.45) is 70.3. The van der Waals surface area contributed by atoms with E-state index < -0.39 is 6.10 Å². The summed E-state index contributed by atoms with van der Waals surface area (Å²) in [7, 11) is 0. The molecule has 6 heteroatoms. The first-order chi connectivity index (χ1) is 33.0. The van der Waals surface area contributed by atoms with Crippen molar-refractivity contribution in [3.05, 3.63) is 72.9 Å². The molecule has 386 valence electrons. The predicted molar refractivity (Wildman–Crippen MR) is 288 cm³/mol. The highest BCUT2D eigenvalue weighted by atomic mass is 16.6. The van der Waals surface area contributed by atoms with Gasteiger partial charge < -0.3 is 14.2 Å². The van der Waals surface area contributed by atoms with Crippen molar-refractivity contribution in [2.24, 2.45) is 0 Å². The number of rotatable bonds is 51. The maximum absolute atomic E-state index is 12.8. The van der Waals surface area contributed by atoms with Crippen LogP contribution in [0.25, 0.3) is 0 Å². The molecule has 0 radical (unpaired) electrons. The Morgan fingerprint density at radius 3 is 0.940 bits per heavy atom. The fraction of sp³-hybridized carbons (Fsp3) is 0.754. The fourth-order valence-electron chi connectivity index (χ4n) is 7.93. The Morgan fingerprint density at radius 1 is 0.313 bits per heavy atom. The number of carbonyl (C=O) groups excluding carboxylic acids is 3. The van der Waals surface area contributed by atoms with Crippen LogP contribution in [0.2, 0.25) is 0 Å². The van der Waals surface area contributed by atoms with Gasteiger partial charge in [0, 0.05) is 19.3 Å². The van der Waals surface area contributed by atoms with Crippen LogP contribution in [0.15, 0.2) is 72.9 Å². The Labute approximate surface area is 414 Å². The van der Waals surface area contributed by atoms with Gasteiger partial charge in [-0.3, -0.25) is 14.4 Å². The molecule has 0 aliphatic carbocycles. The van der Waals surface area contributed by atoms with Crippen molar-refractivity contribution in [3.63, 3.8) is 0 Å². The lowest BCUT2D eigenvalue weighted by molar-refractivity contribution is -0.167. The Bertz CT molecular complexity index is 1260. The molecule has 0 saturated heterocycles. The summed E-state index contributed by atoms with van der Waals surface area (Å²) in [4.78, 5) is 38.1. The van der Waals surface area contributed by atoms with Gasteiger partial charge in [-0.05, 0) is 89.9 Å². The van der Waals surface area contributed by atoms with Gasteiger partial charge in [0.25, 0.3) is 0 Å². The maximum atomic E-state index is 12.8. The van der Waals surface area contributed by atoms with E-state index in [0.29, 0.717) is 19.3 Å². The first-order valence-corrected chi connectivity index (χ1v) is 28.4. The quantitative estimate of drug-likeness (QED) is 0.0262. The van der Waals surface area contributed by atoms with Crippen molar-refractivity contribution in [2.75, 3.05) is 13.2 Å². The van der Waals surface area contributed by atoms with Gasteiger partial charge in [-0.25, -0.2) is 0 Å². The Hall–Kier alpha value is -3.15. The Balaban J connectivity index is 4.43. The number of unbranched alkanes of at least 4 members (excludes halogenated alkanes) is 28. The molecule has 67 heavy (non-hydrogen) atoms. The fourth-order valence-corrected chi connectivity index (χ4v) is 7.93. The first-order valence-electron chi connectivity index (χ1n) is 28.4. The summed E-state index contributed by atoms with van der Waals surface area (Å²) in [6, 6.07) is 0. The van der Waals surface area contributed by atoms with E-state index in [0.717, 1.165) is 122 Å². The second kappa shape index (κ2) is 55.4. The van der Waals surface area contributed by atoms with Crippen LogP contribution in [0.4, 0.5) is 0 Å². The van der Waals surface area contributed by atoms with Gasteiger partial charge >= 0.3 is 17.9 Å². The average Bonchev–Trinajstić information content (AvgIpc) is 3.33. The molecule has 0 saturated carbocycles. The van der Waals surface area contributed by atoms with Crippen LogP contribution in [0.1, 0.15) is 278 Å². The molecular weight excluding hydrogens is 829 g/mol. The zero-order valence-corrected chi connectivity index (χ0v) is 44.2. The van der Waals surface area contributed by atoms with Crippen molar-refractivity contribution in [2.45, 2.75) is 284 Å². The van der Waals surface area contributed by atoms with Crippen molar-refractivity contribution < 1.29 is 28.6 Å². The maximum Gasteiger partial charge on any atom is 0.306 e. The second-order valence-electron chi connectivity index (χ2n) is 18.8. The molecule has 0 unspecified atom stereocenters. The van der Waals surface area contributed by atoms with Crippen molar-refractivity contribution in [1.29, 1.82) is 0 Å². The molecule has 1 atom stereocenters. The standard InChI is InChI=1S/C61H106O6/c1-4-7-10-13-16-19-22-25-28-30-33-36-39-42-45-48-51-54-60(63)66-57-58(56-65-59(62)53-50-47-44-41-38-35-32-27-24-21-18-15-12-9-6-3)67-61(64)55-52-49-46-43-40-37-34-31-29-26-23-20-17-14-11-8-5-2/h9,12,17-18,20-21,26-27,29,32,34,37,58H,4-8,10-11,13-16,19,22-25,28,30-31,33,35-36,38-57H2,1-3H3/b12-9-,20-17-,21-18-,29-26-,32-27-,37-34-/t58-/m1/s1. The zero-order chi connectivity index (χ0) is 48.6. The number of carbonyl (C=O) groups is 3. The number of hydrogen-bond donors (Lipinski definition) is 0. The van der Waals surface area contributed by atoms with E-state index in [2.05, 4.69) is 93.7 Å². The summed E-state index contributed by atoms with van der Waals surface area (Å²) in [5.41, 5.74) is 0. The van der Waals surface area contributed by atoms with E-state index >= 15 is 0 Å². The predicted octanol–water partition coefficient (Wildman–Crippen LogP) is 19.0. The minimum atomic E-state index is -0.793. The molecule has 0 aliphatic rings. The highest BCUT2D eigenvalue weighted by molar-refractivity contribution is 5.71. The summed E-state index contributed by atoms with van der Waals surface area (Å²) in [5, 5.41) is 0. The largest absolute Gasteiger partial charge is 0.462 e. The molecule has 0 aromatic rings. The minimum Gasteiger partial charge on any atom is -0.462 e. The summed E-state index contributed by atoms with van der Waals surface area (Å²) >= 11 is 0. The molecule has 0 rings (SSSR count). The van der Waals surface area contributed by atoms with Crippen LogP contribution >= 0.6 is 0 Å². The lowest BCUT2D eigenvalue weighted by Crippen LogP contribution is -2.30.